The molecule has 37 heavy (non-hydrogen) atoms. The zero-order chi connectivity index (χ0) is 26.2. The van der Waals surface area contributed by atoms with Crippen LogP contribution in [0.3, 0.4) is 0 Å². The lowest BCUT2D eigenvalue weighted by Gasteiger charge is -2.37. The summed E-state index contributed by atoms with van der Waals surface area (Å²) in [5.74, 6) is 2.63. The molecule has 4 rings (SSSR count). The quantitative estimate of drug-likeness (QED) is 0.276. The molecule has 9 heteroatoms. The zero-order valence-corrected chi connectivity index (χ0v) is 23.3. The van der Waals surface area contributed by atoms with Gasteiger partial charge in [0.2, 0.25) is 5.96 Å². The smallest absolute Gasteiger partial charge is 0.228 e. The number of aliphatic hydroxyl groups excluding tert-OH is 1. The van der Waals surface area contributed by atoms with Gasteiger partial charge in [-0.15, -0.1) is 0 Å². The van der Waals surface area contributed by atoms with Crippen molar-refractivity contribution in [1.29, 1.82) is 0 Å². The number of aromatic nitrogens is 1. The summed E-state index contributed by atoms with van der Waals surface area (Å²) in [7, 11) is 2.23. The Morgan fingerprint density at radius 1 is 1.11 bits per heavy atom. The van der Waals surface area contributed by atoms with Gasteiger partial charge in [0.1, 0.15) is 11.0 Å². The van der Waals surface area contributed by atoms with Gasteiger partial charge in [-0.25, -0.2) is 9.98 Å². The molecule has 0 aromatic carbocycles. The van der Waals surface area contributed by atoms with E-state index < -0.39 is 0 Å². The third-order valence-corrected chi connectivity index (χ3v) is 8.52. The molecule has 3 heterocycles. The van der Waals surface area contributed by atoms with Crippen molar-refractivity contribution in [1.82, 2.24) is 20.1 Å². The van der Waals surface area contributed by atoms with E-state index in [0.717, 1.165) is 69.0 Å². The van der Waals surface area contributed by atoms with Gasteiger partial charge in [-0.3, -0.25) is 0 Å². The van der Waals surface area contributed by atoms with Crippen molar-refractivity contribution in [3.8, 4) is 0 Å². The Morgan fingerprint density at radius 2 is 1.81 bits per heavy atom. The summed E-state index contributed by atoms with van der Waals surface area (Å²) in [5, 5.41) is 17.3. The second-order valence-electron chi connectivity index (χ2n) is 11.1. The van der Waals surface area contributed by atoms with Gasteiger partial charge in [0, 0.05) is 24.5 Å². The van der Waals surface area contributed by atoms with Gasteiger partial charge in [-0.05, 0) is 128 Å². The first-order chi connectivity index (χ1) is 17.9. The highest BCUT2D eigenvalue weighted by Crippen LogP contribution is 2.29. The summed E-state index contributed by atoms with van der Waals surface area (Å²) >= 11 is 6.06. The summed E-state index contributed by atoms with van der Waals surface area (Å²) in [4.78, 5) is 18.3. The Kier molecular flexibility index (Phi) is 10.4. The summed E-state index contributed by atoms with van der Waals surface area (Å²) in [6, 6.07) is 3.87. The second-order valence-corrected chi connectivity index (χ2v) is 11.5. The first-order valence-corrected chi connectivity index (χ1v) is 14.3. The van der Waals surface area contributed by atoms with Gasteiger partial charge in [-0.1, -0.05) is 11.6 Å². The highest BCUT2D eigenvalue weighted by molar-refractivity contribution is 6.29. The standard InChI is InChI=1S/C28H44ClN7O/c1-20(22-11-16-36(17-12-22)19-21-9-14-35(3)15-10-21)27(32-23-4-6-25(37)7-5-23)34-28(30-2)33-24-8-13-31-26(29)18-24/h8,13,18,21-23,25,32,37H,2,4-7,9-12,14-17,19H2,1,3H3,(H,31,33,34)/b27-20+/t23-,25-. The van der Waals surface area contributed by atoms with Crippen LogP contribution in [0.25, 0.3) is 0 Å². The molecule has 0 atom stereocenters. The maximum absolute atomic E-state index is 9.98. The minimum atomic E-state index is -0.188. The number of anilines is 1. The predicted molar refractivity (Wildman–Crippen MR) is 153 cm³/mol. The Morgan fingerprint density at radius 3 is 2.46 bits per heavy atom. The number of aliphatic hydroxyl groups is 1. The van der Waals surface area contributed by atoms with Crippen LogP contribution in [0.15, 0.2) is 39.7 Å². The molecule has 3 N–H and O–H groups in total. The number of halogens is 1. The van der Waals surface area contributed by atoms with E-state index in [1.54, 1.807) is 12.3 Å². The largest absolute Gasteiger partial charge is 0.393 e. The fraction of sp³-hybridized carbons (Fsp3) is 0.679. The summed E-state index contributed by atoms with van der Waals surface area (Å²) in [5.41, 5.74) is 2.05. The molecule has 0 amide bonds. The third-order valence-electron chi connectivity index (χ3n) is 8.32. The van der Waals surface area contributed by atoms with E-state index in [2.05, 4.69) is 51.1 Å². The molecule has 0 spiro atoms. The average molecular weight is 530 g/mol. The molecule has 204 valence electrons. The first kappa shape index (κ1) is 28.0. The Labute approximate surface area is 227 Å². The number of nitrogens with zero attached hydrogens (tertiary/aromatic N) is 5. The lowest BCUT2D eigenvalue weighted by Crippen LogP contribution is -2.41. The van der Waals surface area contributed by atoms with Crippen LogP contribution in [0.2, 0.25) is 5.15 Å². The molecule has 3 aliphatic rings. The second kappa shape index (κ2) is 13.7. The maximum Gasteiger partial charge on any atom is 0.228 e. The van der Waals surface area contributed by atoms with Crippen molar-refractivity contribution in [2.24, 2.45) is 21.8 Å². The molecular weight excluding hydrogens is 486 g/mol. The van der Waals surface area contributed by atoms with Crippen LogP contribution in [0.1, 0.15) is 58.3 Å². The SMILES string of the molecule is C=N/C(=N\C(N[C@H]1CC[C@H](O)CC1)=C(/C)C1CCN(CC2CCN(C)CC2)CC1)Nc1ccnc(Cl)c1. The number of piperidine rings is 2. The number of rotatable bonds is 7. The van der Waals surface area contributed by atoms with E-state index in [1.165, 1.54) is 38.0 Å². The van der Waals surface area contributed by atoms with Gasteiger partial charge in [0.15, 0.2) is 0 Å². The monoisotopic (exact) mass is 529 g/mol. The molecule has 0 bridgehead atoms. The van der Waals surface area contributed by atoms with Crippen LogP contribution in [0.4, 0.5) is 5.69 Å². The van der Waals surface area contributed by atoms with Gasteiger partial charge in [-0.2, -0.15) is 4.99 Å². The maximum atomic E-state index is 9.98. The van der Waals surface area contributed by atoms with Crippen LogP contribution in [-0.4, -0.2) is 84.5 Å². The Balaban J connectivity index is 1.45. The number of nitrogens with one attached hydrogen (secondary N) is 2. The van der Waals surface area contributed by atoms with Crippen LogP contribution in [0.5, 0.6) is 0 Å². The first-order valence-electron chi connectivity index (χ1n) is 13.9. The summed E-state index contributed by atoms with van der Waals surface area (Å²) in [6.07, 6.45) is 9.92. The summed E-state index contributed by atoms with van der Waals surface area (Å²) in [6.45, 7) is 11.9. The van der Waals surface area contributed by atoms with Crippen molar-refractivity contribution in [2.45, 2.75) is 70.4 Å². The number of pyridine rings is 1. The van der Waals surface area contributed by atoms with E-state index in [-0.39, 0.29) is 6.10 Å². The minimum absolute atomic E-state index is 0.188. The average Bonchev–Trinajstić information content (AvgIpc) is 2.90. The normalized spacial score (nSPS) is 26.0. The number of allylic oxidation sites excluding steroid dienone is 1. The molecule has 1 saturated carbocycles. The molecule has 0 unspecified atom stereocenters. The van der Waals surface area contributed by atoms with Gasteiger partial charge in [0.25, 0.3) is 0 Å². The van der Waals surface area contributed by atoms with E-state index in [0.29, 0.717) is 23.1 Å². The topological polar surface area (TPSA) is 88.4 Å². The lowest BCUT2D eigenvalue weighted by atomic mass is 9.88. The molecule has 2 saturated heterocycles. The Bertz CT molecular complexity index is 944. The van der Waals surface area contributed by atoms with Gasteiger partial charge >= 0.3 is 0 Å². The molecule has 8 nitrogen and oxygen atoms in total. The van der Waals surface area contributed by atoms with Crippen molar-refractivity contribution in [3.05, 3.63) is 34.9 Å². The van der Waals surface area contributed by atoms with Crippen LogP contribution < -0.4 is 10.6 Å². The zero-order valence-electron chi connectivity index (χ0n) is 22.5. The third kappa shape index (κ3) is 8.50. The number of hydrogen-bond acceptors (Lipinski definition) is 6. The van der Waals surface area contributed by atoms with Crippen LogP contribution in [0, 0.1) is 11.8 Å². The van der Waals surface area contributed by atoms with Crippen molar-refractivity contribution in [2.75, 3.05) is 45.1 Å². The summed E-state index contributed by atoms with van der Waals surface area (Å²) < 4.78 is 0. The highest BCUT2D eigenvalue weighted by atomic mass is 35.5. The number of hydrogen-bond donors (Lipinski definition) is 3. The molecular formula is C28H44ClN7O. The van der Waals surface area contributed by atoms with Crippen LogP contribution >= 0.6 is 11.6 Å². The predicted octanol–water partition coefficient (Wildman–Crippen LogP) is 4.38. The molecule has 0 radical (unpaired) electrons. The Hall–Kier alpha value is -2.00. The van der Waals surface area contributed by atoms with Gasteiger partial charge < -0.3 is 25.5 Å². The lowest BCUT2D eigenvalue weighted by molar-refractivity contribution is 0.118. The fourth-order valence-electron chi connectivity index (χ4n) is 5.82. The molecule has 2 aliphatic heterocycles. The minimum Gasteiger partial charge on any atom is -0.393 e. The van der Waals surface area contributed by atoms with E-state index in [4.69, 9.17) is 16.6 Å². The van der Waals surface area contributed by atoms with E-state index >= 15 is 0 Å². The molecule has 1 aliphatic carbocycles. The number of aliphatic imine (C=N–C) groups is 2. The number of guanidine groups is 1. The van der Waals surface area contributed by atoms with Crippen molar-refractivity contribution >= 4 is 30.0 Å². The van der Waals surface area contributed by atoms with Crippen molar-refractivity contribution in [3.63, 3.8) is 0 Å². The highest BCUT2D eigenvalue weighted by Gasteiger charge is 2.27. The van der Waals surface area contributed by atoms with E-state index in [9.17, 15) is 5.11 Å². The van der Waals surface area contributed by atoms with E-state index in [1.807, 2.05) is 6.07 Å². The molecule has 1 aromatic heterocycles. The molecule has 1 aromatic rings. The fourth-order valence-corrected chi connectivity index (χ4v) is 5.99. The molecule has 3 fully saturated rings. The van der Waals surface area contributed by atoms with Crippen molar-refractivity contribution < 1.29 is 5.11 Å². The van der Waals surface area contributed by atoms with Gasteiger partial charge in [0.05, 0.1) is 6.10 Å². The van der Waals surface area contributed by atoms with Crippen LogP contribution in [-0.2, 0) is 0 Å². The number of likely N-dealkylation sites (tertiary alicyclic amines) is 2.